The smallest absolute Gasteiger partial charge is 0.168 e. The molecule has 1 N–H and O–H groups in total. The van der Waals surface area contributed by atoms with Crippen LogP contribution in [0.5, 0.6) is 5.75 Å². The first kappa shape index (κ1) is 14.2. The molecular weight excluding hydrogens is 284 g/mol. The zero-order chi connectivity index (χ0) is 13.0. The second-order valence-electron chi connectivity index (χ2n) is 4.25. The van der Waals surface area contributed by atoms with E-state index in [0.717, 1.165) is 4.47 Å². The lowest BCUT2D eigenvalue weighted by Crippen LogP contribution is -2.24. The van der Waals surface area contributed by atoms with E-state index in [4.69, 9.17) is 4.74 Å². The third kappa shape index (κ3) is 3.30. The van der Waals surface area contributed by atoms with Crippen LogP contribution in [-0.2, 0) is 0 Å². The van der Waals surface area contributed by atoms with Gasteiger partial charge in [0.1, 0.15) is 5.75 Å². The number of aliphatic hydroxyl groups excluding tert-OH is 1. The molecular formula is C13H17BrO3. The highest BCUT2D eigenvalue weighted by Gasteiger charge is 2.23. The topological polar surface area (TPSA) is 46.5 Å². The van der Waals surface area contributed by atoms with Gasteiger partial charge in [-0.2, -0.15) is 0 Å². The second-order valence-corrected chi connectivity index (χ2v) is 5.10. The molecule has 0 saturated heterocycles. The van der Waals surface area contributed by atoms with Crippen LogP contribution in [0.1, 0.15) is 24.2 Å². The zero-order valence-corrected chi connectivity index (χ0v) is 11.8. The van der Waals surface area contributed by atoms with Gasteiger partial charge in [-0.3, -0.25) is 4.79 Å². The number of carbonyl (C=O) groups excluding carboxylic acids is 1. The first-order valence-electron chi connectivity index (χ1n) is 5.49. The molecule has 1 rings (SSSR count). The highest BCUT2D eigenvalue weighted by molar-refractivity contribution is 9.10. The number of ether oxygens (including phenoxy) is 1. The summed E-state index contributed by atoms with van der Waals surface area (Å²) in [6, 6.07) is 5.19. The summed E-state index contributed by atoms with van der Waals surface area (Å²) < 4.78 is 5.85. The van der Waals surface area contributed by atoms with Crippen molar-refractivity contribution in [3.63, 3.8) is 0 Å². The predicted octanol–water partition coefficient (Wildman–Crippen LogP) is 2.90. The van der Waals surface area contributed by atoms with Crippen LogP contribution in [0.15, 0.2) is 22.7 Å². The van der Waals surface area contributed by atoms with Gasteiger partial charge in [0.05, 0.1) is 18.2 Å². The number of rotatable bonds is 5. The summed E-state index contributed by atoms with van der Waals surface area (Å²) in [7, 11) is 1.58. The second kappa shape index (κ2) is 6.17. The summed E-state index contributed by atoms with van der Waals surface area (Å²) in [5, 5.41) is 9.24. The molecule has 1 aromatic carbocycles. The Morgan fingerprint density at radius 3 is 2.53 bits per heavy atom. The van der Waals surface area contributed by atoms with Crippen LogP contribution in [0.2, 0.25) is 0 Å². The molecule has 0 heterocycles. The van der Waals surface area contributed by atoms with E-state index in [1.807, 2.05) is 13.8 Å². The number of carbonyl (C=O) groups is 1. The van der Waals surface area contributed by atoms with Crippen LogP contribution < -0.4 is 4.74 Å². The minimum atomic E-state index is -0.352. The van der Waals surface area contributed by atoms with Crippen LogP contribution in [0.3, 0.4) is 0 Å². The molecule has 1 unspecified atom stereocenters. The fourth-order valence-corrected chi connectivity index (χ4v) is 2.17. The van der Waals surface area contributed by atoms with Crippen molar-refractivity contribution in [2.75, 3.05) is 13.7 Å². The number of hydrogen-bond donors (Lipinski definition) is 1. The predicted molar refractivity (Wildman–Crippen MR) is 70.4 cm³/mol. The van der Waals surface area contributed by atoms with Gasteiger partial charge in [0, 0.05) is 11.5 Å². The van der Waals surface area contributed by atoms with Crippen LogP contribution in [0.4, 0.5) is 0 Å². The Labute approximate surface area is 110 Å². The molecule has 0 aromatic heterocycles. The van der Waals surface area contributed by atoms with E-state index >= 15 is 0 Å². The monoisotopic (exact) mass is 300 g/mol. The van der Waals surface area contributed by atoms with E-state index < -0.39 is 0 Å². The van der Waals surface area contributed by atoms with Gasteiger partial charge in [-0.15, -0.1) is 0 Å². The van der Waals surface area contributed by atoms with Crippen LogP contribution in [0, 0.1) is 11.8 Å². The number of ketones is 1. The number of benzene rings is 1. The summed E-state index contributed by atoms with van der Waals surface area (Å²) in [5.41, 5.74) is 0.588. The molecule has 0 saturated carbocycles. The molecule has 0 aliphatic carbocycles. The SMILES string of the molecule is COc1ccc(C(=O)C(CO)C(C)C)cc1Br. The van der Waals surface area contributed by atoms with Crippen molar-refractivity contribution in [2.24, 2.45) is 11.8 Å². The number of aliphatic hydroxyl groups is 1. The van der Waals surface area contributed by atoms with Gasteiger partial charge in [0.25, 0.3) is 0 Å². The van der Waals surface area contributed by atoms with Crippen molar-refractivity contribution in [1.29, 1.82) is 0 Å². The van der Waals surface area contributed by atoms with E-state index in [0.29, 0.717) is 11.3 Å². The first-order valence-corrected chi connectivity index (χ1v) is 6.29. The molecule has 1 atom stereocenters. The van der Waals surface area contributed by atoms with Gasteiger partial charge >= 0.3 is 0 Å². The molecule has 0 aliphatic heterocycles. The van der Waals surface area contributed by atoms with E-state index in [1.165, 1.54) is 0 Å². The lowest BCUT2D eigenvalue weighted by atomic mass is 9.89. The number of halogens is 1. The number of Topliss-reactive ketones (excluding diaryl/α,β-unsaturated/α-hetero) is 1. The molecule has 17 heavy (non-hydrogen) atoms. The average molecular weight is 301 g/mol. The van der Waals surface area contributed by atoms with Crippen molar-refractivity contribution in [3.05, 3.63) is 28.2 Å². The Morgan fingerprint density at radius 1 is 1.47 bits per heavy atom. The van der Waals surface area contributed by atoms with Crippen molar-refractivity contribution in [1.82, 2.24) is 0 Å². The van der Waals surface area contributed by atoms with E-state index in [1.54, 1.807) is 25.3 Å². The van der Waals surface area contributed by atoms with Crippen LogP contribution >= 0.6 is 15.9 Å². The summed E-state index contributed by atoms with van der Waals surface area (Å²) in [5.74, 6) is 0.418. The van der Waals surface area contributed by atoms with E-state index in [-0.39, 0.29) is 24.2 Å². The Morgan fingerprint density at radius 2 is 2.12 bits per heavy atom. The number of hydrogen-bond acceptors (Lipinski definition) is 3. The van der Waals surface area contributed by atoms with E-state index in [2.05, 4.69) is 15.9 Å². The van der Waals surface area contributed by atoms with Gasteiger partial charge in [0.15, 0.2) is 5.78 Å². The Hall–Kier alpha value is -0.870. The maximum Gasteiger partial charge on any atom is 0.168 e. The zero-order valence-electron chi connectivity index (χ0n) is 10.2. The third-order valence-corrected chi connectivity index (χ3v) is 3.39. The minimum Gasteiger partial charge on any atom is -0.496 e. The van der Waals surface area contributed by atoms with Gasteiger partial charge < -0.3 is 9.84 Å². The Balaban J connectivity index is 3.00. The maximum atomic E-state index is 12.1. The molecule has 0 bridgehead atoms. The molecule has 1 aromatic rings. The van der Waals surface area contributed by atoms with Gasteiger partial charge in [0.2, 0.25) is 0 Å². The first-order chi connectivity index (χ1) is 8.01. The summed E-state index contributed by atoms with van der Waals surface area (Å²) in [4.78, 5) is 12.1. The van der Waals surface area contributed by atoms with Crippen LogP contribution in [0.25, 0.3) is 0 Å². The Bertz CT molecular complexity index is 402. The number of methoxy groups -OCH3 is 1. The van der Waals surface area contributed by atoms with Crippen molar-refractivity contribution >= 4 is 21.7 Å². The molecule has 4 heteroatoms. The van der Waals surface area contributed by atoms with Crippen molar-refractivity contribution < 1.29 is 14.6 Å². The quantitative estimate of drug-likeness (QED) is 0.851. The van der Waals surface area contributed by atoms with Gasteiger partial charge in [-0.25, -0.2) is 0 Å². The molecule has 94 valence electrons. The van der Waals surface area contributed by atoms with Crippen molar-refractivity contribution in [3.8, 4) is 5.75 Å². The fraction of sp³-hybridized carbons (Fsp3) is 0.462. The van der Waals surface area contributed by atoms with Crippen molar-refractivity contribution in [2.45, 2.75) is 13.8 Å². The van der Waals surface area contributed by atoms with Gasteiger partial charge in [-0.1, -0.05) is 13.8 Å². The molecule has 0 amide bonds. The Kier molecular flexibility index (Phi) is 5.15. The molecule has 0 radical (unpaired) electrons. The van der Waals surface area contributed by atoms with Gasteiger partial charge in [-0.05, 0) is 40.0 Å². The van der Waals surface area contributed by atoms with Crippen LogP contribution in [-0.4, -0.2) is 24.6 Å². The maximum absolute atomic E-state index is 12.1. The molecule has 0 spiro atoms. The molecule has 0 aliphatic rings. The standard InChI is InChI=1S/C13H17BrO3/c1-8(2)10(7-15)13(16)9-4-5-12(17-3)11(14)6-9/h4-6,8,10,15H,7H2,1-3H3. The lowest BCUT2D eigenvalue weighted by Gasteiger charge is -2.17. The molecule has 3 nitrogen and oxygen atoms in total. The summed E-state index contributed by atoms with van der Waals surface area (Å²) >= 11 is 3.34. The lowest BCUT2D eigenvalue weighted by molar-refractivity contribution is 0.0806. The minimum absolute atomic E-state index is 0.0362. The average Bonchev–Trinajstić information content (AvgIpc) is 2.29. The highest BCUT2D eigenvalue weighted by atomic mass is 79.9. The fourth-order valence-electron chi connectivity index (χ4n) is 1.63. The third-order valence-electron chi connectivity index (χ3n) is 2.77. The highest BCUT2D eigenvalue weighted by Crippen LogP contribution is 2.27. The molecule has 0 fully saturated rings. The van der Waals surface area contributed by atoms with E-state index in [9.17, 15) is 9.90 Å². The normalized spacial score (nSPS) is 12.6. The summed E-state index contributed by atoms with van der Waals surface area (Å²) in [6.07, 6.45) is 0. The summed E-state index contributed by atoms with van der Waals surface area (Å²) in [6.45, 7) is 3.73. The largest absolute Gasteiger partial charge is 0.496 e.